The minimum absolute atomic E-state index is 0.0169. The highest BCUT2D eigenvalue weighted by molar-refractivity contribution is 7.90. The molecule has 0 aliphatic heterocycles. The summed E-state index contributed by atoms with van der Waals surface area (Å²) < 4.78 is 30.0. The van der Waals surface area contributed by atoms with Crippen LogP contribution in [0.5, 0.6) is 0 Å². The Morgan fingerprint density at radius 3 is 2.68 bits per heavy atom. The molecule has 8 nitrogen and oxygen atoms in total. The van der Waals surface area contributed by atoms with Gasteiger partial charge in [0, 0.05) is 19.7 Å². The summed E-state index contributed by atoms with van der Waals surface area (Å²) in [5.74, 6) is 0.0860. The second-order valence-corrected chi connectivity index (χ2v) is 8.24. The zero-order valence-corrected chi connectivity index (χ0v) is 17.0. The third kappa shape index (κ3) is 4.00. The maximum Gasteiger partial charge on any atom is 0.285 e. The van der Waals surface area contributed by atoms with Gasteiger partial charge in [0.15, 0.2) is 0 Å². The van der Waals surface area contributed by atoms with Gasteiger partial charge in [-0.2, -0.15) is 8.42 Å². The van der Waals surface area contributed by atoms with Crippen molar-refractivity contribution >= 4 is 44.9 Å². The smallest absolute Gasteiger partial charge is 0.285 e. The zero-order valence-electron chi connectivity index (χ0n) is 15.4. The van der Waals surface area contributed by atoms with E-state index in [0.717, 1.165) is 17.4 Å². The molecule has 0 spiro atoms. The van der Waals surface area contributed by atoms with Crippen LogP contribution in [0.1, 0.15) is 16.2 Å². The van der Waals surface area contributed by atoms with Gasteiger partial charge < -0.3 is 4.90 Å². The first-order valence-corrected chi connectivity index (χ1v) is 10.0. The molecule has 10 heteroatoms. The van der Waals surface area contributed by atoms with Crippen molar-refractivity contribution in [2.75, 3.05) is 19.5 Å². The number of nitrogens with one attached hydrogen (secondary N) is 1. The number of sulfonamides is 1. The van der Waals surface area contributed by atoms with Gasteiger partial charge in [-0.3, -0.25) is 10.2 Å². The molecular formula is C18H18ClN5O3S. The van der Waals surface area contributed by atoms with E-state index in [4.69, 9.17) is 11.6 Å². The van der Waals surface area contributed by atoms with E-state index in [1.54, 1.807) is 25.7 Å². The van der Waals surface area contributed by atoms with Gasteiger partial charge in [0.1, 0.15) is 17.1 Å². The van der Waals surface area contributed by atoms with Gasteiger partial charge in [-0.05, 0) is 37.3 Å². The van der Waals surface area contributed by atoms with Crippen LogP contribution in [-0.2, 0) is 10.0 Å². The number of hydrogen-bond acceptors (Lipinski definition) is 4. The molecule has 1 heterocycles. The second-order valence-electron chi connectivity index (χ2n) is 6.23. The summed E-state index contributed by atoms with van der Waals surface area (Å²) in [6.07, 6.45) is 1.15. The van der Waals surface area contributed by atoms with Crippen LogP contribution in [0, 0.1) is 6.92 Å². The fourth-order valence-electron chi connectivity index (χ4n) is 2.51. The van der Waals surface area contributed by atoms with E-state index in [1.807, 2.05) is 24.3 Å². The first kappa shape index (κ1) is 19.8. The van der Waals surface area contributed by atoms with Crippen LogP contribution in [0.3, 0.4) is 0 Å². The third-order valence-electron chi connectivity index (χ3n) is 3.83. The Labute approximate surface area is 167 Å². The van der Waals surface area contributed by atoms with Gasteiger partial charge in [-0.15, -0.1) is 4.40 Å². The maximum atomic E-state index is 12.7. The number of aromatic nitrogens is 2. The Morgan fingerprint density at radius 1 is 1.25 bits per heavy atom. The van der Waals surface area contributed by atoms with E-state index in [9.17, 15) is 13.2 Å². The second kappa shape index (κ2) is 7.61. The average molecular weight is 420 g/mol. The Kier molecular flexibility index (Phi) is 5.39. The fourth-order valence-corrected chi connectivity index (χ4v) is 3.94. The minimum Gasteiger partial charge on any atom is -0.368 e. The first-order chi connectivity index (χ1) is 13.2. The summed E-state index contributed by atoms with van der Waals surface area (Å²) in [6, 6.07) is 11.3. The predicted molar refractivity (Wildman–Crippen MR) is 109 cm³/mol. The van der Waals surface area contributed by atoms with E-state index in [0.29, 0.717) is 5.82 Å². The molecule has 2 aromatic carbocycles. The summed E-state index contributed by atoms with van der Waals surface area (Å²) in [6.45, 7) is 1.76. The summed E-state index contributed by atoms with van der Waals surface area (Å²) in [5.41, 5.74) is 4.32. The maximum absolute atomic E-state index is 12.7. The molecule has 0 bridgehead atoms. The number of fused-ring (bicyclic) bond motifs is 1. The van der Waals surface area contributed by atoms with E-state index >= 15 is 0 Å². The number of benzene rings is 2. The van der Waals surface area contributed by atoms with Crippen molar-refractivity contribution < 1.29 is 13.2 Å². The third-order valence-corrected chi connectivity index (χ3v) is 5.54. The predicted octanol–water partition coefficient (Wildman–Crippen LogP) is 2.66. The molecule has 146 valence electrons. The monoisotopic (exact) mass is 419 g/mol. The standard InChI is InChI=1S/C18H18ClN5O3S/c1-12-21-15-6-4-5-7-16(15)24(12)22-18(25)13-8-9-14(19)17(10-13)28(26,27)20-11-23(2)3/h4-11H,1-3H3,(H,22,25). The topological polar surface area (TPSA) is 96.7 Å². The Morgan fingerprint density at radius 2 is 1.96 bits per heavy atom. The molecule has 0 saturated carbocycles. The molecule has 1 aromatic heterocycles. The molecule has 1 N–H and O–H groups in total. The zero-order chi connectivity index (χ0) is 20.5. The van der Waals surface area contributed by atoms with Crippen molar-refractivity contribution in [1.29, 1.82) is 0 Å². The summed E-state index contributed by atoms with van der Waals surface area (Å²) in [5, 5.41) is -0.0169. The fraction of sp³-hybridized carbons (Fsp3) is 0.167. The lowest BCUT2D eigenvalue weighted by molar-refractivity contribution is 0.101. The SMILES string of the molecule is Cc1nc2ccccc2n1NC(=O)c1ccc(Cl)c(S(=O)(=O)N=CN(C)C)c1. The van der Waals surface area contributed by atoms with Gasteiger partial charge in [-0.25, -0.2) is 9.66 Å². The number of carbonyl (C=O) groups is 1. The van der Waals surface area contributed by atoms with E-state index < -0.39 is 15.9 Å². The van der Waals surface area contributed by atoms with Crippen LogP contribution in [0.15, 0.2) is 51.8 Å². The van der Waals surface area contributed by atoms with Crippen molar-refractivity contribution in [2.24, 2.45) is 4.40 Å². The largest absolute Gasteiger partial charge is 0.368 e. The van der Waals surface area contributed by atoms with Crippen molar-refractivity contribution in [2.45, 2.75) is 11.8 Å². The molecular weight excluding hydrogens is 402 g/mol. The number of nitrogens with zero attached hydrogens (tertiary/aromatic N) is 4. The van der Waals surface area contributed by atoms with Crippen molar-refractivity contribution in [1.82, 2.24) is 14.6 Å². The van der Waals surface area contributed by atoms with Gasteiger partial charge in [-0.1, -0.05) is 23.7 Å². The first-order valence-electron chi connectivity index (χ1n) is 8.21. The summed E-state index contributed by atoms with van der Waals surface area (Å²) >= 11 is 6.03. The lowest BCUT2D eigenvalue weighted by atomic mass is 10.2. The van der Waals surface area contributed by atoms with Gasteiger partial charge in [0.05, 0.1) is 16.1 Å². The molecule has 0 unspecified atom stereocenters. The highest BCUT2D eigenvalue weighted by Crippen LogP contribution is 2.25. The van der Waals surface area contributed by atoms with Gasteiger partial charge >= 0.3 is 0 Å². The molecule has 0 aliphatic rings. The Bertz CT molecular complexity index is 1190. The number of para-hydroxylation sites is 2. The molecule has 0 radical (unpaired) electrons. The quantitative estimate of drug-likeness (QED) is 0.506. The Balaban J connectivity index is 1.96. The van der Waals surface area contributed by atoms with Crippen LogP contribution in [0.4, 0.5) is 0 Å². The lowest BCUT2D eigenvalue weighted by Crippen LogP contribution is -2.24. The number of hydrogen-bond donors (Lipinski definition) is 1. The number of rotatable bonds is 5. The molecule has 0 atom stereocenters. The van der Waals surface area contributed by atoms with Crippen LogP contribution in [0.2, 0.25) is 5.02 Å². The highest BCUT2D eigenvalue weighted by atomic mass is 35.5. The minimum atomic E-state index is -4.05. The summed E-state index contributed by atoms with van der Waals surface area (Å²) in [4.78, 5) is 18.3. The average Bonchev–Trinajstić information content (AvgIpc) is 2.96. The van der Waals surface area contributed by atoms with Gasteiger partial charge in [0.25, 0.3) is 15.9 Å². The van der Waals surface area contributed by atoms with Crippen molar-refractivity contribution in [3.05, 3.63) is 58.9 Å². The normalized spacial score (nSPS) is 11.9. The van der Waals surface area contributed by atoms with Gasteiger partial charge in [0.2, 0.25) is 0 Å². The van der Waals surface area contributed by atoms with Crippen LogP contribution in [0.25, 0.3) is 11.0 Å². The lowest BCUT2D eigenvalue weighted by Gasteiger charge is -2.11. The number of halogens is 1. The molecule has 0 aliphatic carbocycles. The van der Waals surface area contributed by atoms with E-state index in [1.165, 1.54) is 23.1 Å². The number of amides is 1. The highest BCUT2D eigenvalue weighted by Gasteiger charge is 2.20. The molecule has 0 fully saturated rings. The number of aryl methyl sites for hydroxylation is 1. The van der Waals surface area contributed by atoms with Crippen LogP contribution < -0.4 is 5.43 Å². The molecule has 28 heavy (non-hydrogen) atoms. The number of imidazole rings is 1. The molecule has 3 aromatic rings. The summed E-state index contributed by atoms with van der Waals surface area (Å²) in [7, 11) is -0.768. The van der Waals surface area contributed by atoms with Crippen LogP contribution in [-0.4, -0.2) is 49.3 Å². The van der Waals surface area contributed by atoms with Crippen molar-refractivity contribution in [3.63, 3.8) is 0 Å². The van der Waals surface area contributed by atoms with E-state index in [-0.39, 0.29) is 15.5 Å². The molecule has 1 amide bonds. The Hall–Kier alpha value is -2.91. The van der Waals surface area contributed by atoms with Crippen LogP contribution >= 0.6 is 11.6 Å². The van der Waals surface area contributed by atoms with Crippen molar-refractivity contribution in [3.8, 4) is 0 Å². The number of carbonyl (C=O) groups excluding carboxylic acids is 1. The van der Waals surface area contributed by atoms with E-state index in [2.05, 4.69) is 14.8 Å². The molecule has 0 saturated heterocycles. The molecule has 3 rings (SSSR count).